The van der Waals surface area contributed by atoms with Crippen molar-refractivity contribution in [2.75, 3.05) is 6.54 Å². The van der Waals surface area contributed by atoms with E-state index in [4.69, 9.17) is 5.11 Å². The van der Waals surface area contributed by atoms with Gasteiger partial charge in [-0.15, -0.1) is 11.3 Å². The number of hydrogen-bond donors (Lipinski definition) is 3. The minimum Gasteiger partial charge on any atom is -0.481 e. The van der Waals surface area contributed by atoms with Gasteiger partial charge in [0.25, 0.3) is 0 Å². The van der Waals surface area contributed by atoms with Crippen LogP contribution in [0.3, 0.4) is 0 Å². The zero-order chi connectivity index (χ0) is 15.2. The first-order valence-corrected chi connectivity index (χ1v) is 7.53. The number of nitrogens with one attached hydrogen (secondary N) is 2. The van der Waals surface area contributed by atoms with Crippen LogP contribution in [0.2, 0.25) is 0 Å². The second kappa shape index (κ2) is 7.28. The van der Waals surface area contributed by atoms with E-state index in [9.17, 15) is 9.59 Å². The van der Waals surface area contributed by atoms with Gasteiger partial charge in [-0.3, -0.25) is 4.79 Å². The summed E-state index contributed by atoms with van der Waals surface area (Å²) in [5.41, 5.74) is -0.139. The molecule has 1 aromatic rings. The lowest BCUT2D eigenvalue weighted by atomic mass is 9.91. The van der Waals surface area contributed by atoms with Gasteiger partial charge in [0.1, 0.15) is 0 Å². The van der Waals surface area contributed by atoms with Crippen molar-refractivity contribution >= 4 is 23.3 Å². The van der Waals surface area contributed by atoms with Crippen LogP contribution in [0.5, 0.6) is 0 Å². The van der Waals surface area contributed by atoms with Gasteiger partial charge in [-0.25, -0.2) is 4.79 Å². The molecule has 0 aliphatic carbocycles. The van der Waals surface area contributed by atoms with Crippen LogP contribution in [0.4, 0.5) is 4.79 Å². The Balaban J connectivity index is 2.44. The number of carbonyl (C=O) groups excluding carboxylic acids is 1. The Kier molecular flexibility index (Phi) is 6.01. The first-order chi connectivity index (χ1) is 9.35. The van der Waals surface area contributed by atoms with E-state index in [0.717, 1.165) is 0 Å². The Morgan fingerprint density at radius 1 is 1.45 bits per heavy atom. The summed E-state index contributed by atoms with van der Waals surface area (Å²) in [6, 6.07) is 3.38. The predicted octanol–water partition coefficient (Wildman–Crippen LogP) is 2.58. The van der Waals surface area contributed by atoms with E-state index in [-0.39, 0.29) is 23.9 Å². The molecule has 0 bridgehead atoms. The lowest BCUT2D eigenvalue weighted by molar-refractivity contribution is -0.137. The average Bonchev–Trinajstić information content (AvgIpc) is 2.89. The molecule has 0 radical (unpaired) electrons. The largest absolute Gasteiger partial charge is 0.481 e. The molecule has 0 aliphatic rings. The lowest BCUT2D eigenvalue weighted by Crippen LogP contribution is -2.46. The third-order valence-corrected chi connectivity index (χ3v) is 4.36. The minimum absolute atomic E-state index is 0.0573. The van der Waals surface area contributed by atoms with Crippen molar-refractivity contribution in [3.8, 4) is 0 Å². The van der Waals surface area contributed by atoms with E-state index in [1.807, 2.05) is 24.4 Å². The monoisotopic (exact) mass is 298 g/mol. The molecule has 0 spiro atoms. The Morgan fingerprint density at radius 3 is 2.65 bits per heavy atom. The van der Waals surface area contributed by atoms with E-state index in [1.165, 1.54) is 4.88 Å². The van der Waals surface area contributed by atoms with Crippen LogP contribution in [-0.2, 0) is 10.2 Å². The second-order valence-electron chi connectivity index (χ2n) is 5.39. The molecule has 2 amide bonds. The summed E-state index contributed by atoms with van der Waals surface area (Å²) in [6.07, 6.45) is 0.534. The molecule has 20 heavy (non-hydrogen) atoms. The van der Waals surface area contributed by atoms with Crippen LogP contribution in [-0.4, -0.2) is 29.7 Å². The molecule has 0 fully saturated rings. The van der Waals surface area contributed by atoms with E-state index >= 15 is 0 Å². The highest BCUT2D eigenvalue weighted by Crippen LogP contribution is 2.26. The van der Waals surface area contributed by atoms with Crippen molar-refractivity contribution in [1.82, 2.24) is 10.6 Å². The lowest BCUT2D eigenvalue weighted by Gasteiger charge is -2.24. The number of carboxylic acids is 1. The van der Waals surface area contributed by atoms with Crippen molar-refractivity contribution in [2.24, 2.45) is 0 Å². The molecule has 112 valence electrons. The molecule has 1 heterocycles. The molecule has 1 atom stereocenters. The zero-order valence-corrected chi connectivity index (χ0v) is 12.9. The first kappa shape index (κ1) is 16.5. The molecular weight excluding hydrogens is 276 g/mol. The number of rotatable bonds is 7. The average molecular weight is 298 g/mol. The smallest absolute Gasteiger partial charge is 0.315 e. The molecule has 1 rings (SSSR count). The van der Waals surface area contributed by atoms with Gasteiger partial charge < -0.3 is 15.7 Å². The van der Waals surface area contributed by atoms with Gasteiger partial charge in [-0.1, -0.05) is 26.8 Å². The maximum atomic E-state index is 11.8. The summed E-state index contributed by atoms with van der Waals surface area (Å²) in [6.45, 7) is 6.48. The second-order valence-corrected chi connectivity index (χ2v) is 6.34. The number of carboxylic acid groups (broad SMARTS) is 1. The summed E-state index contributed by atoms with van der Waals surface area (Å²) in [5.74, 6) is -0.906. The van der Waals surface area contributed by atoms with Crippen LogP contribution in [0.1, 0.15) is 38.5 Å². The first-order valence-electron chi connectivity index (χ1n) is 6.65. The van der Waals surface area contributed by atoms with Crippen LogP contribution in [0, 0.1) is 0 Å². The molecule has 5 nitrogen and oxygen atoms in total. The number of aliphatic carboxylic acids is 1. The molecule has 0 saturated carbocycles. The van der Waals surface area contributed by atoms with E-state index < -0.39 is 5.97 Å². The van der Waals surface area contributed by atoms with Crippen molar-refractivity contribution in [2.45, 2.75) is 45.1 Å². The van der Waals surface area contributed by atoms with Gasteiger partial charge in [0.15, 0.2) is 0 Å². The number of hydrogen-bond acceptors (Lipinski definition) is 3. The van der Waals surface area contributed by atoms with Gasteiger partial charge >= 0.3 is 12.0 Å². The topological polar surface area (TPSA) is 78.4 Å². The summed E-state index contributed by atoms with van der Waals surface area (Å²) < 4.78 is 0. The third-order valence-electron chi connectivity index (χ3n) is 3.13. The molecule has 0 aromatic carbocycles. The van der Waals surface area contributed by atoms with Crippen molar-refractivity contribution in [3.05, 3.63) is 22.4 Å². The van der Waals surface area contributed by atoms with Crippen LogP contribution >= 0.6 is 11.3 Å². The zero-order valence-electron chi connectivity index (χ0n) is 12.1. The van der Waals surface area contributed by atoms with Crippen LogP contribution < -0.4 is 10.6 Å². The molecule has 3 N–H and O–H groups in total. The summed E-state index contributed by atoms with van der Waals surface area (Å²) in [4.78, 5) is 23.7. The number of carbonyl (C=O) groups is 2. The Hall–Kier alpha value is -1.56. The Morgan fingerprint density at radius 2 is 2.15 bits per heavy atom. The highest BCUT2D eigenvalue weighted by atomic mass is 32.1. The maximum Gasteiger partial charge on any atom is 0.315 e. The number of thiophene rings is 1. The molecule has 0 aliphatic heterocycles. The van der Waals surface area contributed by atoms with E-state index in [1.54, 1.807) is 11.3 Å². The highest BCUT2D eigenvalue weighted by molar-refractivity contribution is 7.10. The van der Waals surface area contributed by atoms with E-state index in [2.05, 4.69) is 24.5 Å². The molecule has 6 heteroatoms. The fraction of sp³-hybridized carbons (Fsp3) is 0.571. The third kappa shape index (κ3) is 5.21. The Bertz CT molecular complexity index is 443. The molecule has 0 saturated heterocycles. The summed E-state index contributed by atoms with van der Waals surface area (Å²) >= 11 is 1.66. The highest BCUT2D eigenvalue weighted by Gasteiger charge is 2.23. The molecular formula is C14H22N2O3S. The van der Waals surface area contributed by atoms with Crippen molar-refractivity contribution in [3.63, 3.8) is 0 Å². The van der Waals surface area contributed by atoms with Gasteiger partial charge in [-0.05, 0) is 17.9 Å². The fourth-order valence-electron chi connectivity index (χ4n) is 1.80. The quantitative estimate of drug-likeness (QED) is 0.724. The fourth-order valence-corrected chi connectivity index (χ4v) is 2.65. The van der Waals surface area contributed by atoms with Crippen LogP contribution in [0.15, 0.2) is 17.5 Å². The van der Waals surface area contributed by atoms with Crippen molar-refractivity contribution < 1.29 is 14.7 Å². The summed E-state index contributed by atoms with van der Waals surface area (Å²) in [7, 11) is 0. The predicted molar refractivity (Wildman–Crippen MR) is 80.2 cm³/mol. The Labute approximate surface area is 123 Å². The van der Waals surface area contributed by atoms with Crippen molar-refractivity contribution in [1.29, 1.82) is 0 Å². The molecule has 1 unspecified atom stereocenters. The number of amides is 2. The van der Waals surface area contributed by atoms with Gasteiger partial charge in [0.2, 0.25) is 0 Å². The van der Waals surface area contributed by atoms with Crippen LogP contribution in [0.25, 0.3) is 0 Å². The molecule has 1 aromatic heterocycles. The SMILES string of the molecule is CCC(CC(=O)O)NC(=O)NCC(C)(C)c1cccs1. The van der Waals surface area contributed by atoms with Gasteiger partial charge in [0, 0.05) is 22.9 Å². The standard InChI is InChI=1S/C14H22N2O3S/c1-4-10(8-12(17)18)16-13(19)15-9-14(2,3)11-6-5-7-20-11/h5-7,10H,4,8-9H2,1-3H3,(H,17,18)(H2,15,16,19). The van der Waals surface area contributed by atoms with Gasteiger partial charge in [0.05, 0.1) is 6.42 Å². The maximum absolute atomic E-state index is 11.8. The van der Waals surface area contributed by atoms with E-state index in [0.29, 0.717) is 13.0 Å². The summed E-state index contributed by atoms with van der Waals surface area (Å²) in [5, 5.41) is 16.3. The number of urea groups is 1. The normalized spacial score (nSPS) is 12.8. The minimum atomic E-state index is -0.906. The van der Waals surface area contributed by atoms with Gasteiger partial charge in [-0.2, -0.15) is 0 Å².